The van der Waals surface area contributed by atoms with Gasteiger partial charge in [0.15, 0.2) is 0 Å². The molecule has 0 aliphatic rings. The highest BCUT2D eigenvalue weighted by Crippen LogP contribution is 2.15. The second kappa shape index (κ2) is 9.05. The molecule has 0 saturated carbocycles. The molecule has 0 aliphatic heterocycles. The Hall–Kier alpha value is -3.06. The number of rotatable bonds is 7. The summed E-state index contributed by atoms with van der Waals surface area (Å²) in [5, 5.41) is 5.70. The lowest BCUT2D eigenvalue weighted by atomic mass is 10.1. The normalized spacial score (nSPS) is 10.4. The molecule has 2 aromatic heterocycles. The Morgan fingerprint density at radius 1 is 1.15 bits per heavy atom. The molecular weight excluding hydrogens is 362 g/mol. The Morgan fingerprint density at radius 2 is 1.96 bits per heavy atom. The number of carbonyl (C=O) groups excluding carboxylic acids is 2. The van der Waals surface area contributed by atoms with Crippen molar-refractivity contribution < 1.29 is 14.3 Å². The van der Waals surface area contributed by atoms with Gasteiger partial charge < -0.3 is 10.1 Å². The number of hydrogen-bond donors (Lipinski definition) is 1. The Balaban J connectivity index is 1.54. The minimum Gasteiger partial charge on any atom is -0.465 e. The van der Waals surface area contributed by atoms with Gasteiger partial charge in [0.1, 0.15) is 0 Å². The van der Waals surface area contributed by atoms with Crippen molar-refractivity contribution in [2.24, 2.45) is 0 Å². The number of aromatic nitrogens is 2. The summed E-state index contributed by atoms with van der Waals surface area (Å²) in [5.41, 5.74) is 2.90. The van der Waals surface area contributed by atoms with Crippen molar-refractivity contribution in [3.63, 3.8) is 0 Å². The van der Waals surface area contributed by atoms with Crippen molar-refractivity contribution in [2.75, 3.05) is 12.4 Å². The van der Waals surface area contributed by atoms with E-state index in [9.17, 15) is 9.59 Å². The Bertz CT molecular complexity index is 925. The number of nitrogens with zero attached hydrogens (tertiary/aromatic N) is 2. The van der Waals surface area contributed by atoms with E-state index in [1.165, 1.54) is 12.7 Å². The van der Waals surface area contributed by atoms with Gasteiger partial charge in [-0.05, 0) is 42.3 Å². The molecule has 7 heteroatoms. The average Bonchev–Trinajstić information content (AvgIpc) is 3.14. The molecule has 1 N–H and O–H groups in total. The zero-order chi connectivity index (χ0) is 19.1. The van der Waals surface area contributed by atoms with Gasteiger partial charge in [0, 0.05) is 29.9 Å². The monoisotopic (exact) mass is 381 g/mol. The molecule has 2 heterocycles. The number of pyridine rings is 1. The number of carbonyl (C=O) groups is 2. The van der Waals surface area contributed by atoms with Crippen LogP contribution in [0.3, 0.4) is 0 Å². The number of ether oxygens (including phenoxy) is 1. The highest BCUT2D eigenvalue weighted by atomic mass is 32.1. The lowest BCUT2D eigenvalue weighted by Crippen LogP contribution is -2.15. The van der Waals surface area contributed by atoms with Crippen molar-refractivity contribution in [3.8, 4) is 0 Å². The highest BCUT2D eigenvalue weighted by Gasteiger charge is 2.10. The number of thiazole rings is 1. The van der Waals surface area contributed by atoms with Crippen LogP contribution in [0.4, 0.5) is 5.69 Å². The molecule has 0 unspecified atom stereocenters. The molecule has 6 nitrogen and oxygen atoms in total. The topological polar surface area (TPSA) is 81.2 Å². The fourth-order valence-electron chi connectivity index (χ4n) is 2.56. The van der Waals surface area contributed by atoms with E-state index in [4.69, 9.17) is 0 Å². The van der Waals surface area contributed by atoms with Gasteiger partial charge in [0.05, 0.1) is 29.8 Å². The van der Waals surface area contributed by atoms with Gasteiger partial charge >= 0.3 is 5.97 Å². The number of aryl methyl sites for hydroxylation is 2. The van der Waals surface area contributed by atoms with Gasteiger partial charge in [-0.3, -0.25) is 9.78 Å². The average molecular weight is 381 g/mol. The lowest BCUT2D eigenvalue weighted by molar-refractivity contribution is -0.115. The lowest BCUT2D eigenvalue weighted by Gasteiger charge is -2.06. The number of benzene rings is 1. The maximum absolute atomic E-state index is 12.3. The zero-order valence-corrected chi connectivity index (χ0v) is 15.7. The predicted molar refractivity (Wildman–Crippen MR) is 104 cm³/mol. The first-order valence-corrected chi connectivity index (χ1v) is 9.32. The summed E-state index contributed by atoms with van der Waals surface area (Å²) in [6, 6.07) is 10.6. The van der Waals surface area contributed by atoms with E-state index in [0.29, 0.717) is 11.3 Å². The molecule has 1 amide bonds. The number of anilines is 1. The summed E-state index contributed by atoms with van der Waals surface area (Å²) in [5.74, 6) is -0.618. The molecule has 27 heavy (non-hydrogen) atoms. The second-order valence-electron chi connectivity index (χ2n) is 5.89. The Morgan fingerprint density at radius 3 is 2.74 bits per heavy atom. The van der Waals surface area contributed by atoms with Crippen LogP contribution in [-0.4, -0.2) is 29.0 Å². The van der Waals surface area contributed by atoms with E-state index in [1.54, 1.807) is 48.0 Å². The van der Waals surface area contributed by atoms with Gasteiger partial charge in [0.2, 0.25) is 5.91 Å². The summed E-state index contributed by atoms with van der Waals surface area (Å²) in [4.78, 5) is 32.4. The van der Waals surface area contributed by atoms with Crippen molar-refractivity contribution in [3.05, 3.63) is 76.0 Å². The summed E-state index contributed by atoms with van der Waals surface area (Å²) in [6.07, 6.45) is 5.47. The number of methoxy groups -OCH3 is 1. The smallest absolute Gasteiger partial charge is 0.337 e. The molecule has 3 aromatic rings. The Kier molecular flexibility index (Phi) is 6.27. The van der Waals surface area contributed by atoms with Crippen LogP contribution in [0.1, 0.15) is 26.6 Å². The minimum atomic E-state index is -0.440. The van der Waals surface area contributed by atoms with Crippen LogP contribution in [0.2, 0.25) is 0 Å². The summed E-state index contributed by atoms with van der Waals surface area (Å²) in [6.45, 7) is 0. The summed E-state index contributed by atoms with van der Waals surface area (Å²) >= 11 is 1.56. The van der Waals surface area contributed by atoms with Gasteiger partial charge in [-0.25, -0.2) is 9.78 Å². The summed E-state index contributed by atoms with van der Waals surface area (Å²) < 4.78 is 4.69. The zero-order valence-electron chi connectivity index (χ0n) is 14.8. The number of esters is 1. The van der Waals surface area contributed by atoms with Crippen LogP contribution >= 0.6 is 11.3 Å². The molecule has 3 rings (SSSR count). The molecule has 138 valence electrons. The summed E-state index contributed by atoms with van der Waals surface area (Å²) in [7, 11) is 1.32. The quantitative estimate of drug-likeness (QED) is 0.635. The van der Waals surface area contributed by atoms with E-state index in [1.807, 2.05) is 17.5 Å². The first-order valence-electron chi connectivity index (χ1n) is 8.44. The fourth-order valence-corrected chi connectivity index (χ4v) is 3.36. The largest absolute Gasteiger partial charge is 0.465 e. The van der Waals surface area contributed by atoms with Crippen LogP contribution in [0.25, 0.3) is 0 Å². The SMILES string of the molecule is COC(=O)c1cccc(NC(=O)Cc2csc(CCc3ccncc3)n2)c1. The Labute approximate surface area is 161 Å². The molecular formula is C20H19N3O3S. The van der Waals surface area contributed by atoms with Crippen LogP contribution in [-0.2, 0) is 28.8 Å². The van der Waals surface area contributed by atoms with Gasteiger partial charge in [0.25, 0.3) is 0 Å². The molecule has 0 spiro atoms. The van der Waals surface area contributed by atoms with Crippen LogP contribution in [0.15, 0.2) is 54.2 Å². The maximum Gasteiger partial charge on any atom is 0.337 e. The standard InChI is InChI=1S/C20H19N3O3S/c1-26-20(25)15-3-2-4-16(11-15)22-18(24)12-17-13-27-19(23-17)6-5-14-7-9-21-10-8-14/h2-4,7-11,13H,5-6,12H2,1H3,(H,22,24). The van der Waals surface area contributed by atoms with Gasteiger partial charge in [-0.1, -0.05) is 6.07 Å². The maximum atomic E-state index is 12.3. The molecule has 0 fully saturated rings. The first kappa shape index (κ1) is 18.7. The number of hydrogen-bond acceptors (Lipinski definition) is 6. The fraction of sp³-hybridized carbons (Fsp3) is 0.200. The predicted octanol–water partition coefficient (Wildman–Crippen LogP) is 3.29. The minimum absolute atomic E-state index is 0.178. The second-order valence-corrected chi connectivity index (χ2v) is 6.83. The molecule has 0 aliphatic carbocycles. The van der Waals surface area contributed by atoms with Gasteiger partial charge in [-0.2, -0.15) is 0 Å². The van der Waals surface area contributed by atoms with Crippen LogP contribution < -0.4 is 5.32 Å². The van der Waals surface area contributed by atoms with E-state index >= 15 is 0 Å². The third-order valence-corrected chi connectivity index (χ3v) is 4.84. The first-order chi connectivity index (χ1) is 13.1. The van der Waals surface area contributed by atoms with E-state index in [0.717, 1.165) is 23.5 Å². The van der Waals surface area contributed by atoms with E-state index in [2.05, 4.69) is 20.0 Å². The molecule has 0 bridgehead atoms. The van der Waals surface area contributed by atoms with Crippen molar-refractivity contribution in [2.45, 2.75) is 19.3 Å². The van der Waals surface area contributed by atoms with Crippen LogP contribution in [0, 0.1) is 0 Å². The van der Waals surface area contributed by atoms with Crippen molar-refractivity contribution in [1.29, 1.82) is 0 Å². The molecule has 1 aromatic carbocycles. The highest BCUT2D eigenvalue weighted by molar-refractivity contribution is 7.09. The molecule has 0 saturated heterocycles. The van der Waals surface area contributed by atoms with Crippen molar-refractivity contribution in [1.82, 2.24) is 9.97 Å². The number of nitrogens with one attached hydrogen (secondary N) is 1. The van der Waals surface area contributed by atoms with E-state index < -0.39 is 5.97 Å². The van der Waals surface area contributed by atoms with Gasteiger partial charge in [-0.15, -0.1) is 11.3 Å². The third-order valence-electron chi connectivity index (χ3n) is 3.89. The molecule has 0 radical (unpaired) electrons. The third kappa shape index (κ3) is 5.46. The van der Waals surface area contributed by atoms with Crippen molar-refractivity contribution >= 4 is 28.9 Å². The number of amides is 1. The van der Waals surface area contributed by atoms with E-state index in [-0.39, 0.29) is 12.3 Å². The van der Waals surface area contributed by atoms with Crippen LogP contribution in [0.5, 0.6) is 0 Å². The molecule has 0 atom stereocenters.